The van der Waals surface area contributed by atoms with Gasteiger partial charge in [-0.15, -0.1) is 11.8 Å². The number of fused-ring (bicyclic) bond motifs is 1. The van der Waals surface area contributed by atoms with Crippen molar-refractivity contribution in [3.05, 3.63) is 29.8 Å². The van der Waals surface area contributed by atoms with Gasteiger partial charge in [0.05, 0.1) is 5.25 Å². The van der Waals surface area contributed by atoms with E-state index in [-0.39, 0.29) is 23.8 Å². The number of rotatable bonds is 5. The van der Waals surface area contributed by atoms with Crippen molar-refractivity contribution in [2.75, 3.05) is 6.61 Å². The van der Waals surface area contributed by atoms with Gasteiger partial charge < -0.3 is 10.4 Å². The van der Waals surface area contributed by atoms with E-state index in [1.165, 1.54) is 10.5 Å². The SMILES string of the molecule is CC(C)C(CCO)NC(=O)C1Cc2ccccc2S1. The number of carbonyl (C=O) groups is 1. The lowest BCUT2D eigenvalue weighted by Crippen LogP contribution is -2.43. The van der Waals surface area contributed by atoms with Gasteiger partial charge in [-0.05, 0) is 30.4 Å². The Morgan fingerprint density at radius 3 is 2.84 bits per heavy atom. The van der Waals surface area contributed by atoms with Crippen molar-refractivity contribution in [1.82, 2.24) is 5.32 Å². The normalized spacial score (nSPS) is 19.3. The monoisotopic (exact) mass is 279 g/mol. The van der Waals surface area contributed by atoms with Crippen molar-refractivity contribution in [2.45, 2.75) is 42.9 Å². The Morgan fingerprint density at radius 2 is 2.21 bits per heavy atom. The van der Waals surface area contributed by atoms with Crippen molar-refractivity contribution in [1.29, 1.82) is 0 Å². The molecule has 104 valence electrons. The number of aliphatic hydroxyl groups is 1. The molecule has 0 saturated carbocycles. The maximum absolute atomic E-state index is 12.3. The van der Waals surface area contributed by atoms with Crippen LogP contribution < -0.4 is 5.32 Å². The highest BCUT2D eigenvalue weighted by Crippen LogP contribution is 2.36. The van der Waals surface area contributed by atoms with E-state index in [0.717, 1.165) is 6.42 Å². The van der Waals surface area contributed by atoms with Crippen LogP contribution in [0.25, 0.3) is 0 Å². The molecule has 1 aromatic rings. The van der Waals surface area contributed by atoms with Gasteiger partial charge in [-0.1, -0.05) is 32.0 Å². The second-order valence-electron chi connectivity index (χ2n) is 5.29. The average Bonchev–Trinajstić information content (AvgIpc) is 2.81. The maximum Gasteiger partial charge on any atom is 0.234 e. The van der Waals surface area contributed by atoms with E-state index >= 15 is 0 Å². The predicted molar refractivity (Wildman–Crippen MR) is 78.3 cm³/mol. The summed E-state index contributed by atoms with van der Waals surface area (Å²) in [5.74, 6) is 0.429. The lowest BCUT2D eigenvalue weighted by molar-refractivity contribution is -0.121. The second kappa shape index (κ2) is 6.44. The molecule has 1 aliphatic heterocycles. The molecule has 0 aromatic heterocycles. The highest BCUT2D eigenvalue weighted by atomic mass is 32.2. The molecule has 0 bridgehead atoms. The molecule has 3 nitrogen and oxygen atoms in total. The lowest BCUT2D eigenvalue weighted by atomic mass is 10.0. The molecule has 0 saturated heterocycles. The number of hydrogen-bond acceptors (Lipinski definition) is 3. The molecule has 0 fully saturated rings. The van der Waals surface area contributed by atoms with Crippen LogP contribution in [0.3, 0.4) is 0 Å². The van der Waals surface area contributed by atoms with Gasteiger partial charge in [-0.3, -0.25) is 4.79 Å². The van der Waals surface area contributed by atoms with Crippen molar-refractivity contribution >= 4 is 17.7 Å². The van der Waals surface area contributed by atoms with Crippen molar-refractivity contribution in [3.8, 4) is 0 Å². The average molecular weight is 279 g/mol. The van der Waals surface area contributed by atoms with Crippen LogP contribution in [0, 0.1) is 5.92 Å². The number of benzene rings is 1. The summed E-state index contributed by atoms with van der Waals surface area (Å²) in [6, 6.07) is 8.24. The smallest absolute Gasteiger partial charge is 0.234 e. The Kier molecular flexibility index (Phi) is 4.88. The van der Waals surface area contributed by atoms with Gasteiger partial charge in [-0.2, -0.15) is 0 Å². The quantitative estimate of drug-likeness (QED) is 0.869. The van der Waals surface area contributed by atoms with E-state index < -0.39 is 0 Å². The summed E-state index contributed by atoms with van der Waals surface area (Å²) in [4.78, 5) is 13.5. The fourth-order valence-electron chi connectivity index (χ4n) is 2.32. The number of carbonyl (C=O) groups excluding carboxylic acids is 1. The van der Waals surface area contributed by atoms with E-state index in [1.54, 1.807) is 11.8 Å². The molecular formula is C15H21NO2S. The summed E-state index contributed by atoms with van der Waals surface area (Å²) in [5, 5.41) is 12.1. The molecule has 19 heavy (non-hydrogen) atoms. The Morgan fingerprint density at radius 1 is 1.47 bits per heavy atom. The van der Waals surface area contributed by atoms with Crippen LogP contribution in [-0.4, -0.2) is 28.9 Å². The lowest BCUT2D eigenvalue weighted by Gasteiger charge is -2.23. The number of thioether (sulfide) groups is 1. The third-order valence-electron chi connectivity index (χ3n) is 3.51. The zero-order valence-corrected chi connectivity index (χ0v) is 12.2. The summed E-state index contributed by atoms with van der Waals surface area (Å²) in [6.07, 6.45) is 1.42. The summed E-state index contributed by atoms with van der Waals surface area (Å²) in [6.45, 7) is 4.25. The molecule has 1 heterocycles. The standard InChI is InChI=1S/C15H21NO2S/c1-10(2)12(7-8-17)16-15(18)14-9-11-5-3-4-6-13(11)19-14/h3-6,10,12,14,17H,7-9H2,1-2H3,(H,16,18). The minimum Gasteiger partial charge on any atom is -0.396 e. The zero-order chi connectivity index (χ0) is 13.8. The fourth-order valence-corrected chi connectivity index (χ4v) is 3.52. The van der Waals surface area contributed by atoms with Crippen molar-refractivity contribution in [3.63, 3.8) is 0 Å². The van der Waals surface area contributed by atoms with Crippen LogP contribution in [0.5, 0.6) is 0 Å². The van der Waals surface area contributed by atoms with Crippen LogP contribution in [0.4, 0.5) is 0 Å². The molecule has 1 amide bonds. The number of nitrogens with one attached hydrogen (secondary N) is 1. The topological polar surface area (TPSA) is 49.3 Å². The van der Waals surface area contributed by atoms with Gasteiger partial charge in [-0.25, -0.2) is 0 Å². The van der Waals surface area contributed by atoms with E-state index in [9.17, 15) is 4.79 Å². The van der Waals surface area contributed by atoms with Gasteiger partial charge in [0.1, 0.15) is 0 Å². The summed E-state index contributed by atoms with van der Waals surface area (Å²) >= 11 is 1.64. The van der Waals surface area contributed by atoms with E-state index in [0.29, 0.717) is 12.3 Å². The summed E-state index contributed by atoms with van der Waals surface area (Å²) in [5.41, 5.74) is 1.26. The van der Waals surface area contributed by atoms with Crippen molar-refractivity contribution in [2.24, 2.45) is 5.92 Å². The highest BCUT2D eigenvalue weighted by molar-refractivity contribution is 8.01. The molecule has 2 atom stereocenters. The molecule has 0 aliphatic carbocycles. The minimum absolute atomic E-state index is 0.0302. The molecule has 2 unspecified atom stereocenters. The van der Waals surface area contributed by atoms with Gasteiger partial charge in [0.25, 0.3) is 0 Å². The Hall–Kier alpha value is -1.00. The highest BCUT2D eigenvalue weighted by Gasteiger charge is 2.29. The summed E-state index contributed by atoms with van der Waals surface area (Å²) in [7, 11) is 0. The third-order valence-corrected chi connectivity index (χ3v) is 4.83. The molecule has 4 heteroatoms. The number of hydrogen-bond donors (Lipinski definition) is 2. The van der Waals surface area contributed by atoms with Crippen molar-refractivity contribution < 1.29 is 9.90 Å². The zero-order valence-electron chi connectivity index (χ0n) is 11.4. The fraction of sp³-hybridized carbons (Fsp3) is 0.533. The molecule has 2 N–H and O–H groups in total. The Bertz CT molecular complexity index is 423. The summed E-state index contributed by atoms with van der Waals surface area (Å²) < 4.78 is 0. The molecule has 2 rings (SSSR count). The maximum atomic E-state index is 12.3. The Balaban J connectivity index is 1.95. The van der Waals surface area contributed by atoms with Crippen LogP contribution in [0.2, 0.25) is 0 Å². The van der Waals surface area contributed by atoms with Gasteiger partial charge in [0.2, 0.25) is 5.91 Å². The van der Waals surface area contributed by atoms with Gasteiger partial charge in [0, 0.05) is 17.5 Å². The van der Waals surface area contributed by atoms with E-state index in [1.807, 2.05) is 12.1 Å². The molecule has 0 spiro atoms. The van der Waals surface area contributed by atoms with Gasteiger partial charge in [0.15, 0.2) is 0 Å². The molecular weight excluding hydrogens is 258 g/mol. The largest absolute Gasteiger partial charge is 0.396 e. The first-order chi connectivity index (χ1) is 9.11. The first-order valence-corrected chi connectivity index (χ1v) is 7.65. The first kappa shape index (κ1) is 14.4. The van der Waals surface area contributed by atoms with Crippen LogP contribution in [0.15, 0.2) is 29.2 Å². The van der Waals surface area contributed by atoms with E-state index in [4.69, 9.17) is 5.11 Å². The number of amides is 1. The van der Waals surface area contributed by atoms with Crippen LogP contribution in [-0.2, 0) is 11.2 Å². The second-order valence-corrected chi connectivity index (χ2v) is 6.53. The first-order valence-electron chi connectivity index (χ1n) is 6.77. The Labute approximate surface area is 118 Å². The predicted octanol–water partition coefficient (Wildman–Crippen LogP) is 2.23. The van der Waals surface area contributed by atoms with Crippen LogP contribution >= 0.6 is 11.8 Å². The number of aliphatic hydroxyl groups excluding tert-OH is 1. The third kappa shape index (κ3) is 3.51. The molecule has 0 radical (unpaired) electrons. The van der Waals surface area contributed by atoms with Crippen LogP contribution in [0.1, 0.15) is 25.8 Å². The molecule has 1 aromatic carbocycles. The minimum atomic E-state index is -0.0302. The van der Waals surface area contributed by atoms with Gasteiger partial charge >= 0.3 is 0 Å². The molecule has 1 aliphatic rings. The van der Waals surface area contributed by atoms with E-state index in [2.05, 4.69) is 31.3 Å².